The van der Waals surface area contributed by atoms with Crippen LogP contribution in [0, 0.1) is 0 Å². The number of ether oxygens (including phenoxy) is 1. The fraction of sp³-hybridized carbons (Fsp3) is 0.714. The predicted molar refractivity (Wildman–Crippen MR) is 71.3 cm³/mol. The molecule has 8 heteroatoms. The van der Waals surface area contributed by atoms with Gasteiger partial charge in [0.1, 0.15) is 5.69 Å². The molecule has 22 heavy (non-hydrogen) atoms. The molecule has 0 radical (unpaired) electrons. The van der Waals surface area contributed by atoms with Crippen LogP contribution in [0.25, 0.3) is 0 Å². The van der Waals surface area contributed by atoms with Gasteiger partial charge in [0, 0.05) is 25.8 Å². The molecule has 1 N–H and O–H groups in total. The van der Waals surface area contributed by atoms with Crippen LogP contribution in [0.2, 0.25) is 0 Å². The van der Waals surface area contributed by atoms with Crippen molar-refractivity contribution in [3.05, 3.63) is 17.5 Å². The van der Waals surface area contributed by atoms with Gasteiger partial charge in [-0.3, -0.25) is 9.89 Å². The van der Waals surface area contributed by atoms with Crippen LogP contribution in [-0.2, 0) is 10.9 Å². The van der Waals surface area contributed by atoms with E-state index < -0.39 is 17.8 Å². The summed E-state index contributed by atoms with van der Waals surface area (Å²) in [4.78, 5) is 13.9. The summed E-state index contributed by atoms with van der Waals surface area (Å²) in [6.07, 6.45) is -0.0767. The van der Waals surface area contributed by atoms with E-state index in [0.717, 1.165) is 44.8 Å². The molecule has 2 aliphatic rings. The van der Waals surface area contributed by atoms with Crippen LogP contribution in [0.3, 0.4) is 0 Å². The summed E-state index contributed by atoms with van der Waals surface area (Å²) in [7, 11) is 0. The fourth-order valence-corrected chi connectivity index (χ4v) is 3.26. The van der Waals surface area contributed by atoms with Crippen LogP contribution in [0.4, 0.5) is 13.2 Å². The Morgan fingerprint density at radius 2 is 2.05 bits per heavy atom. The van der Waals surface area contributed by atoms with E-state index in [9.17, 15) is 18.0 Å². The summed E-state index contributed by atoms with van der Waals surface area (Å²) in [6, 6.07) is 0.773. The normalized spacial score (nSPS) is 26.4. The highest BCUT2D eigenvalue weighted by molar-refractivity contribution is 5.92. The Hall–Kier alpha value is -1.57. The van der Waals surface area contributed by atoms with Crippen molar-refractivity contribution in [1.29, 1.82) is 0 Å². The summed E-state index contributed by atoms with van der Waals surface area (Å²) >= 11 is 0. The smallest absolute Gasteiger partial charge is 0.375 e. The third-order valence-electron chi connectivity index (χ3n) is 4.47. The van der Waals surface area contributed by atoms with Gasteiger partial charge in [-0.25, -0.2) is 0 Å². The van der Waals surface area contributed by atoms with Gasteiger partial charge in [0.15, 0.2) is 5.69 Å². The molecule has 2 saturated heterocycles. The van der Waals surface area contributed by atoms with E-state index in [1.165, 1.54) is 0 Å². The van der Waals surface area contributed by atoms with Crippen LogP contribution >= 0.6 is 0 Å². The number of carbonyl (C=O) groups excluding carboxylic acids is 1. The molecule has 5 nitrogen and oxygen atoms in total. The molecule has 3 rings (SSSR count). The van der Waals surface area contributed by atoms with Crippen molar-refractivity contribution in [3.8, 4) is 0 Å². The average molecular weight is 317 g/mol. The molecule has 122 valence electrons. The van der Waals surface area contributed by atoms with Crippen LogP contribution in [-0.4, -0.2) is 46.3 Å². The molecular formula is C14H18F3N3O2. The number of aromatic nitrogens is 2. The SMILES string of the molecule is O=C(c1cc(C(F)(F)F)[nH]n1)N1CCC[C@@]2(CCCO2)CC1. The number of H-pyrrole nitrogens is 1. The zero-order valence-corrected chi connectivity index (χ0v) is 12.1. The number of alkyl halides is 3. The number of likely N-dealkylation sites (tertiary alicyclic amines) is 1. The van der Waals surface area contributed by atoms with Crippen molar-refractivity contribution < 1.29 is 22.7 Å². The van der Waals surface area contributed by atoms with Crippen LogP contribution in [0.5, 0.6) is 0 Å². The molecule has 0 unspecified atom stereocenters. The number of nitrogens with one attached hydrogen (secondary N) is 1. The average Bonchev–Trinajstić information content (AvgIpc) is 3.06. The zero-order chi connectivity index (χ0) is 15.8. The van der Waals surface area contributed by atoms with Gasteiger partial charge in [0.05, 0.1) is 5.60 Å². The lowest BCUT2D eigenvalue weighted by atomic mass is 9.92. The Labute approximate surface area is 125 Å². The van der Waals surface area contributed by atoms with E-state index in [2.05, 4.69) is 5.10 Å². The predicted octanol–water partition coefficient (Wildman–Crippen LogP) is 2.60. The van der Waals surface area contributed by atoms with Crippen molar-refractivity contribution >= 4 is 5.91 Å². The van der Waals surface area contributed by atoms with Crippen molar-refractivity contribution in [2.24, 2.45) is 0 Å². The number of halogens is 3. The molecule has 1 aromatic rings. The number of nitrogens with zero attached hydrogens (tertiary/aromatic N) is 2. The minimum absolute atomic E-state index is 0.141. The van der Waals surface area contributed by atoms with Gasteiger partial charge in [-0.2, -0.15) is 18.3 Å². The second-order valence-corrected chi connectivity index (χ2v) is 5.95. The summed E-state index contributed by atoms with van der Waals surface area (Å²) < 4.78 is 43.5. The van der Waals surface area contributed by atoms with E-state index in [1.807, 2.05) is 5.10 Å². The number of amides is 1. The lowest BCUT2D eigenvalue weighted by Gasteiger charge is -2.26. The number of rotatable bonds is 1. The lowest BCUT2D eigenvalue weighted by molar-refractivity contribution is -0.141. The Balaban J connectivity index is 1.68. The summed E-state index contributed by atoms with van der Waals surface area (Å²) in [5.41, 5.74) is -1.32. The summed E-state index contributed by atoms with van der Waals surface area (Å²) in [5.74, 6) is -0.457. The lowest BCUT2D eigenvalue weighted by Crippen LogP contribution is -2.34. The molecule has 1 spiro atoms. The van der Waals surface area contributed by atoms with Gasteiger partial charge in [0.2, 0.25) is 0 Å². The highest BCUT2D eigenvalue weighted by Crippen LogP contribution is 2.36. The third kappa shape index (κ3) is 2.97. The largest absolute Gasteiger partial charge is 0.432 e. The molecule has 0 saturated carbocycles. The highest BCUT2D eigenvalue weighted by Gasteiger charge is 2.38. The van der Waals surface area contributed by atoms with Crippen molar-refractivity contribution in [3.63, 3.8) is 0 Å². The van der Waals surface area contributed by atoms with Gasteiger partial charge in [-0.05, 0) is 32.1 Å². The molecule has 0 bridgehead atoms. The van der Waals surface area contributed by atoms with Crippen molar-refractivity contribution in [1.82, 2.24) is 15.1 Å². The van der Waals surface area contributed by atoms with Gasteiger partial charge < -0.3 is 9.64 Å². The first-order chi connectivity index (χ1) is 10.4. The molecule has 2 aliphatic heterocycles. The van der Waals surface area contributed by atoms with E-state index in [-0.39, 0.29) is 11.3 Å². The molecule has 0 aliphatic carbocycles. The quantitative estimate of drug-likeness (QED) is 0.866. The zero-order valence-electron chi connectivity index (χ0n) is 12.1. The first-order valence-electron chi connectivity index (χ1n) is 7.46. The Bertz CT molecular complexity index is 550. The number of hydrogen-bond donors (Lipinski definition) is 1. The molecule has 1 amide bonds. The first-order valence-corrected chi connectivity index (χ1v) is 7.46. The monoisotopic (exact) mass is 317 g/mol. The minimum Gasteiger partial charge on any atom is -0.375 e. The summed E-state index contributed by atoms with van der Waals surface area (Å²) in [5, 5.41) is 5.39. The van der Waals surface area contributed by atoms with E-state index >= 15 is 0 Å². The molecule has 0 aromatic carbocycles. The van der Waals surface area contributed by atoms with Crippen molar-refractivity contribution in [2.75, 3.05) is 19.7 Å². The second-order valence-electron chi connectivity index (χ2n) is 5.95. The second kappa shape index (κ2) is 5.57. The topological polar surface area (TPSA) is 58.2 Å². The molecule has 2 fully saturated rings. The molecule has 1 aromatic heterocycles. The van der Waals surface area contributed by atoms with Crippen LogP contribution in [0.15, 0.2) is 6.07 Å². The third-order valence-corrected chi connectivity index (χ3v) is 4.47. The first kappa shape index (κ1) is 15.3. The number of carbonyl (C=O) groups is 1. The maximum absolute atomic E-state index is 12.6. The standard InChI is InChI=1S/C14H18F3N3O2/c15-14(16,17)11-9-10(18-19-11)12(21)20-6-1-3-13(5-7-20)4-2-8-22-13/h9H,1-8H2,(H,18,19)/t13-/m1/s1. The Kier molecular flexibility index (Phi) is 3.88. The number of aromatic amines is 1. The van der Waals surface area contributed by atoms with E-state index in [4.69, 9.17) is 4.74 Å². The van der Waals surface area contributed by atoms with Gasteiger partial charge in [0.25, 0.3) is 5.91 Å². The van der Waals surface area contributed by atoms with E-state index in [0.29, 0.717) is 13.1 Å². The van der Waals surface area contributed by atoms with Gasteiger partial charge in [-0.15, -0.1) is 0 Å². The number of hydrogen-bond acceptors (Lipinski definition) is 3. The van der Waals surface area contributed by atoms with Gasteiger partial charge >= 0.3 is 6.18 Å². The minimum atomic E-state index is -4.52. The Morgan fingerprint density at radius 3 is 2.68 bits per heavy atom. The molecule has 3 heterocycles. The molecular weight excluding hydrogens is 299 g/mol. The van der Waals surface area contributed by atoms with Gasteiger partial charge in [-0.1, -0.05) is 0 Å². The van der Waals surface area contributed by atoms with Crippen LogP contribution < -0.4 is 0 Å². The van der Waals surface area contributed by atoms with E-state index in [1.54, 1.807) is 4.90 Å². The molecule has 1 atom stereocenters. The maximum Gasteiger partial charge on any atom is 0.432 e. The Morgan fingerprint density at radius 1 is 1.27 bits per heavy atom. The summed E-state index contributed by atoms with van der Waals surface area (Å²) in [6.45, 7) is 1.77. The maximum atomic E-state index is 12.6. The van der Waals surface area contributed by atoms with Crippen molar-refractivity contribution in [2.45, 2.75) is 43.9 Å². The van der Waals surface area contributed by atoms with Crippen LogP contribution in [0.1, 0.15) is 48.3 Å². The highest BCUT2D eigenvalue weighted by atomic mass is 19.4. The fourth-order valence-electron chi connectivity index (χ4n) is 3.26.